The molecule has 2 aromatic rings. The fourth-order valence-corrected chi connectivity index (χ4v) is 3.19. The second-order valence-corrected chi connectivity index (χ2v) is 9.34. The maximum absolute atomic E-state index is 12.9. The molecule has 0 aromatic heterocycles. The molecule has 0 fully saturated rings. The number of benzene rings is 2. The third-order valence-electron chi connectivity index (χ3n) is 4.57. The van der Waals surface area contributed by atoms with Crippen LogP contribution in [0.15, 0.2) is 42.5 Å². The summed E-state index contributed by atoms with van der Waals surface area (Å²) in [7, 11) is -3.56. The number of anilines is 1. The van der Waals surface area contributed by atoms with Gasteiger partial charge in [0.15, 0.2) is 0 Å². The van der Waals surface area contributed by atoms with Crippen molar-refractivity contribution in [3.05, 3.63) is 59.2 Å². The van der Waals surface area contributed by atoms with E-state index in [0.29, 0.717) is 19.0 Å². The molecule has 0 saturated carbocycles. The minimum atomic E-state index is -3.56. The van der Waals surface area contributed by atoms with Crippen LogP contribution in [0.4, 0.5) is 10.5 Å². The molecule has 0 atom stereocenters. The van der Waals surface area contributed by atoms with E-state index in [-0.39, 0.29) is 11.8 Å². The Morgan fingerprint density at radius 2 is 1.72 bits per heavy atom. The first-order valence-corrected chi connectivity index (χ1v) is 11.5. The molecule has 0 heterocycles. The quantitative estimate of drug-likeness (QED) is 0.629. The number of aryl methyl sites for hydroxylation is 2. The van der Waals surface area contributed by atoms with Crippen molar-refractivity contribution in [1.82, 2.24) is 4.90 Å². The summed E-state index contributed by atoms with van der Waals surface area (Å²) in [6.07, 6.45) is 1.89. The minimum Gasteiger partial charge on any atom is -0.383 e. The fourth-order valence-electron chi connectivity index (χ4n) is 2.73. The fraction of sp³-hybridized carbons (Fsp3) is 0.409. The number of hydrogen-bond donors (Lipinski definition) is 1. The van der Waals surface area contributed by atoms with Crippen LogP contribution in [0.5, 0.6) is 5.75 Å². The average molecular weight is 419 g/mol. The van der Waals surface area contributed by atoms with Crippen LogP contribution >= 0.6 is 0 Å². The maximum Gasteiger partial charge on any atom is 0.322 e. The van der Waals surface area contributed by atoms with E-state index in [2.05, 4.69) is 19.2 Å². The highest BCUT2D eigenvalue weighted by atomic mass is 32.2. The third kappa shape index (κ3) is 7.77. The van der Waals surface area contributed by atoms with Gasteiger partial charge in [0.1, 0.15) is 5.75 Å². The van der Waals surface area contributed by atoms with Crippen LogP contribution in [-0.4, -0.2) is 32.1 Å². The summed E-state index contributed by atoms with van der Waals surface area (Å²) in [6.45, 7) is 9.33. The van der Waals surface area contributed by atoms with Gasteiger partial charge in [-0.3, -0.25) is 0 Å². The number of urea groups is 1. The van der Waals surface area contributed by atoms with Crippen LogP contribution in [0.3, 0.4) is 0 Å². The zero-order valence-corrected chi connectivity index (χ0v) is 18.5. The first-order chi connectivity index (χ1) is 13.5. The molecule has 0 radical (unpaired) electrons. The van der Waals surface area contributed by atoms with Crippen molar-refractivity contribution in [3.63, 3.8) is 0 Å². The predicted molar refractivity (Wildman–Crippen MR) is 117 cm³/mol. The molecule has 0 aliphatic heterocycles. The molecule has 0 saturated heterocycles. The van der Waals surface area contributed by atoms with Crippen LogP contribution in [0.2, 0.25) is 0 Å². The van der Waals surface area contributed by atoms with Gasteiger partial charge in [-0.15, -0.1) is 0 Å². The van der Waals surface area contributed by atoms with E-state index in [1.807, 2.05) is 32.0 Å². The first kappa shape index (κ1) is 22.7. The summed E-state index contributed by atoms with van der Waals surface area (Å²) >= 11 is 0. The van der Waals surface area contributed by atoms with Crippen LogP contribution < -0.4 is 9.50 Å². The molecule has 6 nitrogen and oxygen atoms in total. The molecule has 29 heavy (non-hydrogen) atoms. The maximum atomic E-state index is 12.9. The highest BCUT2D eigenvalue weighted by Crippen LogP contribution is 2.18. The van der Waals surface area contributed by atoms with Gasteiger partial charge in [-0.25, -0.2) is 4.79 Å². The highest BCUT2D eigenvalue weighted by molar-refractivity contribution is 7.86. The lowest BCUT2D eigenvalue weighted by atomic mass is 10.1. The van der Waals surface area contributed by atoms with E-state index >= 15 is 0 Å². The molecular formula is C22H30N2O4S. The van der Waals surface area contributed by atoms with Crippen molar-refractivity contribution < 1.29 is 17.4 Å². The molecule has 2 amide bonds. The van der Waals surface area contributed by atoms with Gasteiger partial charge < -0.3 is 14.4 Å². The molecule has 2 rings (SSSR count). The first-order valence-electron chi connectivity index (χ1n) is 9.65. The smallest absolute Gasteiger partial charge is 0.322 e. The van der Waals surface area contributed by atoms with Crippen molar-refractivity contribution in [2.24, 2.45) is 5.92 Å². The Balaban J connectivity index is 2.12. The Labute approximate surface area is 174 Å². The number of carbonyl (C=O) groups is 1. The Hall–Kier alpha value is -2.54. The van der Waals surface area contributed by atoms with E-state index in [9.17, 15) is 13.2 Å². The zero-order valence-electron chi connectivity index (χ0n) is 17.7. The van der Waals surface area contributed by atoms with E-state index < -0.39 is 10.1 Å². The molecule has 0 bridgehead atoms. The number of nitrogens with zero attached hydrogens (tertiary/aromatic N) is 1. The van der Waals surface area contributed by atoms with Crippen molar-refractivity contribution >= 4 is 21.8 Å². The summed E-state index contributed by atoms with van der Waals surface area (Å²) in [5.74, 6) is 0.724. The van der Waals surface area contributed by atoms with E-state index in [1.165, 1.54) is 5.56 Å². The van der Waals surface area contributed by atoms with Crippen LogP contribution in [0.25, 0.3) is 0 Å². The topological polar surface area (TPSA) is 75.7 Å². The largest absolute Gasteiger partial charge is 0.383 e. The van der Waals surface area contributed by atoms with Gasteiger partial charge in [0.05, 0.1) is 6.26 Å². The SMILES string of the molecule is Cc1ccc(NC(=O)N(CCC(C)C)Cc2ccc(OS(C)(=O)=O)cc2)cc1C. The predicted octanol–water partition coefficient (Wildman–Crippen LogP) is 4.72. The Morgan fingerprint density at radius 3 is 2.28 bits per heavy atom. The molecule has 7 heteroatoms. The summed E-state index contributed by atoms with van der Waals surface area (Å²) in [5, 5.41) is 2.98. The number of amides is 2. The summed E-state index contributed by atoms with van der Waals surface area (Å²) in [5.41, 5.74) is 3.96. The van der Waals surface area contributed by atoms with E-state index in [4.69, 9.17) is 4.18 Å². The van der Waals surface area contributed by atoms with Gasteiger partial charge in [-0.2, -0.15) is 8.42 Å². The average Bonchev–Trinajstić information content (AvgIpc) is 2.61. The Bertz CT molecular complexity index is 938. The number of hydrogen-bond acceptors (Lipinski definition) is 4. The van der Waals surface area contributed by atoms with Gasteiger partial charge in [0.2, 0.25) is 0 Å². The van der Waals surface area contributed by atoms with Gasteiger partial charge >= 0.3 is 16.1 Å². The second-order valence-electron chi connectivity index (χ2n) is 7.76. The Morgan fingerprint density at radius 1 is 1.07 bits per heavy atom. The number of rotatable bonds is 8. The molecule has 1 N–H and O–H groups in total. The van der Waals surface area contributed by atoms with E-state index in [0.717, 1.165) is 29.5 Å². The molecule has 2 aromatic carbocycles. The monoisotopic (exact) mass is 418 g/mol. The van der Waals surface area contributed by atoms with Crippen LogP contribution in [-0.2, 0) is 16.7 Å². The zero-order chi connectivity index (χ0) is 21.6. The highest BCUT2D eigenvalue weighted by Gasteiger charge is 2.15. The van der Waals surface area contributed by atoms with Crippen molar-refractivity contribution in [2.45, 2.75) is 40.7 Å². The molecule has 0 spiro atoms. The molecule has 0 unspecified atom stereocenters. The van der Waals surface area contributed by atoms with Gasteiger partial charge in [0.25, 0.3) is 0 Å². The van der Waals surface area contributed by atoms with Gasteiger partial charge in [-0.05, 0) is 67.1 Å². The summed E-state index contributed by atoms with van der Waals surface area (Å²) < 4.78 is 27.3. The molecule has 0 aliphatic carbocycles. The third-order valence-corrected chi connectivity index (χ3v) is 5.06. The lowest BCUT2D eigenvalue weighted by Gasteiger charge is -2.24. The van der Waals surface area contributed by atoms with Crippen LogP contribution in [0, 0.1) is 19.8 Å². The summed E-state index contributed by atoms with van der Waals surface area (Å²) in [4.78, 5) is 14.7. The van der Waals surface area contributed by atoms with Crippen molar-refractivity contribution in [3.8, 4) is 5.75 Å². The lowest BCUT2D eigenvalue weighted by molar-refractivity contribution is 0.205. The number of carbonyl (C=O) groups excluding carboxylic acids is 1. The minimum absolute atomic E-state index is 0.162. The van der Waals surface area contributed by atoms with Crippen molar-refractivity contribution in [2.75, 3.05) is 18.1 Å². The molecule has 158 valence electrons. The second kappa shape index (κ2) is 9.78. The standard InChI is InChI=1S/C22H30N2O4S/c1-16(2)12-13-24(22(25)23-20-9-6-17(3)18(4)14-20)15-19-7-10-21(11-8-19)28-29(5,26)27/h6-11,14,16H,12-13,15H2,1-5H3,(H,23,25). The molecule has 0 aliphatic rings. The Kier molecular flexibility index (Phi) is 7.67. The number of nitrogens with one attached hydrogen (secondary N) is 1. The van der Waals surface area contributed by atoms with Gasteiger partial charge in [-0.1, -0.05) is 32.0 Å². The summed E-state index contributed by atoms with van der Waals surface area (Å²) in [6, 6.07) is 12.4. The van der Waals surface area contributed by atoms with Crippen molar-refractivity contribution in [1.29, 1.82) is 0 Å². The lowest BCUT2D eigenvalue weighted by Crippen LogP contribution is -2.35. The van der Waals surface area contributed by atoms with E-state index in [1.54, 1.807) is 29.2 Å². The van der Waals surface area contributed by atoms with Gasteiger partial charge in [0, 0.05) is 18.8 Å². The normalized spacial score (nSPS) is 11.4. The van der Waals surface area contributed by atoms with Crippen LogP contribution in [0.1, 0.15) is 37.0 Å². The molecular weight excluding hydrogens is 388 g/mol.